The summed E-state index contributed by atoms with van der Waals surface area (Å²) in [5.41, 5.74) is -2.03. The number of esters is 2. The van der Waals surface area contributed by atoms with E-state index in [-0.39, 0.29) is 11.1 Å². The molecule has 1 fully saturated rings. The fourth-order valence-electron chi connectivity index (χ4n) is 3.75. The molecule has 3 aromatic rings. The number of benzene rings is 2. The fraction of sp³-hybridized carbons (Fsp3) is 0.250. The van der Waals surface area contributed by atoms with Crippen LogP contribution in [-0.2, 0) is 23.3 Å². The van der Waals surface area contributed by atoms with Crippen LogP contribution in [-0.4, -0.2) is 56.9 Å². The standard InChI is InChI=1S/C24H22ClN2O10P/c25-14-38(32,33)37-19-17(13-34-22(29)15-7-3-1-4-8-15)35-21(27-12-11-18(28)26-24(27)31)20(19)36-23(30)16-9-5-2-6-10-16/h1-12,17,19-21H,13-14H2,(H,32,33)(H,26,28,31). The minimum atomic E-state index is -4.45. The van der Waals surface area contributed by atoms with E-state index in [0.29, 0.717) is 0 Å². The minimum Gasteiger partial charge on any atom is -0.459 e. The average Bonchev–Trinajstić information content (AvgIpc) is 3.23. The Bertz CT molecular complexity index is 1450. The van der Waals surface area contributed by atoms with E-state index in [4.69, 9.17) is 30.3 Å². The maximum Gasteiger partial charge on any atom is 0.343 e. The molecule has 200 valence electrons. The van der Waals surface area contributed by atoms with Gasteiger partial charge in [0.15, 0.2) is 12.3 Å². The predicted molar refractivity (Wildman–Crippen MR) is 133 cm³/mol. The van der Waals surface area contributed by atoms with E-state index in [1.165, 1.54) is 24.3 Å². The molecule has 2 heterocycles. The number of nitrogens with one attached hydrogen (secondary N) is 1. The lowest BCUT2D eigenvalue weighted by atomic mass is 10.1. The largest absolute Gasteiger partial charge is 0.459 e. The van der Waals surface area contributed by atoms with Gasteiger partial charge in [0, 0.05) is 12.3 Å². The van der Waals surface area contributed by atoms with E-state index in [0.717, 1.165) is 16.8 Å². The second-order valence-corrected chi connectivity index (χ2v) is 10.6. The van der Waals surface area contributed by atoms with Crippen molar-refractivity contribution in [2.75, 3.05) is 12.2 Å². The summed E-state index contributed by atoms with van der Waals surface area (Å²) in [6, 6.07) is 16.9. The third-order valence-electron chi connectivity index (χ3n) is 5.49. The van der Waals surface area contributed by atoms with E-state index in [1.807, 2.05) is 0 Å². The SMILES string of the molecule is O=C(OCC1OC(n2ccc(=O)[nH]c2=O)C(OC(=O)c2ccccc2)C1OP(=O)(O)CCl)c1ccccc1. The average molecular weight is 565 g/mol. The van der Waals surface area contributed by atoms with Crippen molar-refractivity contribution >= 4 is 31.1 Å². The van der Waals surface area contributed by atoms with Crippen molar-refractivity contribution < 1.29 is 37.8 Å². The molecule has 5 unspecified atom stereocenters. The summed E-state index contributed by atoms with van der Waals surface area (Å²) in [6.07, 6.45) is -4.64. The van der Waals surface area contributed by atoms with Crippen molar-refractivity contribution in [1.82, 2.24) is 9.55 Å². The Hall–Kier alpha value is -3.54. The molecule has 0 aliphatic carbocycles. The van der Waals surface area contributed by atoms with Crippen LogP contribution in [0.4, 0.5) is 0 Å². The van der Waals surface area contributed by atoms with Crippen molar-refractivity contribution in [3.63, 3.8) is 0 Å². The van der Waals surface area contributed by atoms with Gasteiger partial charge < -0.3 is 19.1 Å². The molecule has 0 saturated carbocycles. The van der Waals surface area contributed by atoms with Gasteiger partial charge >= 0.3 is 25.2 Å². The van der Waals surface area contributed by atoms with Crippen LogP contribution < -0.4 is 11.2 Å². The first-order valence-corrected chi connectivity index (χ1v) is 13.5. The molecule has 1 aliphatic rings. The zero-order valence-corrected chi connectivity index (χ0v) is 21.2. The van der Waals surface area contributed by atoms with Gasteiger partial charge in [-0.25, -0.2) is 14.4 Å². The Morgan fingerprint density at radius 1 is 0.974 bits per heavy atom. The van der Waals surface area contributed by atoms with Gasteiger partial charge in [-0.1, -0.05) is 36.4 Å². The number of carbonyl (C=O) groups excluding carboxylic acids is 2. The first-order chi connectivity index (χ1) is 18.2. The Morgan fingerprint density at radius 3 is 2.16 bits per heavy atom. The molecule has 4 rings (SSSR count). The zero-order chi connectivity index (χ0) is 27.3. The van der Waals surface area contributed by atoms with Crippen molar-refractivity contribution in [2.24, 2.45) is 0 Å². The lowest BCUT2D eigenvalue weighted by Gasteiger charge is -2.26. The number of alkyl halides is 1. The highest BCUT2D eigenvalue weighted by Crippen LogP contribution is 2.48. The highest BCUT2D eigenvalue weighted by molar-refractivity contribution is 7.54. The number of hydrogen-bond donors (Lipinski definition) is 2. The second kappa shape index (κ2) is 11.9. The molecule has 1 saturated heterocycles. The molecule has 0 spiro atoms. The topological polar surface area (TPSA) is 163 Å². The van der Waals surface area contributed by atoms with Crippen molar-refractivity contribution in [3.8, 4) is 0 Å². The summed E-state index contributed by atoms with van der Waals surface area (Å²) in [4.78, 5) is 61.8. The van der Waals surface area contributed by atoms with Gasteiger partial charge in [-0.15, -0.1) is 11.6 Å². The highest BCUT2D eigenvalue weighted by Gasteiger charge is 2.52. The van der Waals surface area contributed by atoms with Gasteiger partial charge in [0.2, 0.25) is 0 Å². The minimum absolute atomic E-state index is 0.141. The zero-order valence-electron chi connectivity index (χ0n) is 19.5. The number of carbonyl (C=O) groups is 2. The Balaban J connectivity index is 1.69. The first-order valence-electron chi connectivity index (χ1n) is 11.2. The number of ether oxygens (including phenoxy) is 3. The van der Waals surface area contributed by atoms with Crippen LogP contribution in [0, 0.1) is 0 Å². The molecule has 1 aliphatic heterocycles. The first kappa shape index (κ1) is 27.5. The van der Waals surface area contributed by atoms with Crippen LogP contribution in [0.25, 0.3) is 0 Å². The third-order valence-corrected chi connectivity index (χ3v) is 7.27. The normalized spacial score (nSPS) is 22.4. The molecular formula is C24H22ClN2O10P. The lowest BCUT2D eigenvalue weighted by Crippen LogP contribution is -2.41. The Labute approximate surface area is 220 Å². The molecule has 1 aromatic heterocycles. The summed E-state index contributed by atoms with van der Waals surface area (Å²) < 4.78 is 35.6. The van der Waals surface area contributed by atoms with Crippen LogP contribution in [0.15, 0.2) is 82.5 Å². The lowest BCUT2D eigenvalue weighted by molar-refractivity contribution is -0.0635. The molecule has 38 heavy (non-hydrogen) atoms. The maximum absolute atomic E-state index is 12.9. The molecular weight excluding hydrogens is 543 g/mol. The van der Waals surface area contributed by atoms with Crippen molar-refractivity contribution in [3.05, 3.63) is 105 Å². The molecule has 12 nitrogen and oxygen atoms in total. The van der Waals surface area contributed by atoms with E-state index >= 15 is 0 Å². The van der Waals surface area contributed by atoms with Crippen LogP contribution in [0.5, 0.6) is 0 Å². The van der Waals surface area contributed by atoms with Gasteiger partial charge in [-0.05, 0) is 24.3 Å². The van der Waals surface area contributed by atoms with Gasteiger partial charge in [0.1, 0.15) is 24.4 Å². The monoisotopic (exact) mass is 564 g/mol. The maximum atomic E-state index is 12.9. The highest BCUT2D eigenvalue weighted by atomic mass is 35.5. The summed E-state index contributed by atoms with van der Waals surface area (Å²) >= 11 is 5.61. The summed E-state index contributed by atoms with van der Waals surface area (Å²) in [6.45, 7) is -0.505. The number of aromatic amines is 1. The smallest absolute Gasteiger partial charge is 0.343 e. The summed E-state index contributed by atoms with van der Waals surface area (Å²) in [5.74, 6) is -1.57. The quantitative estimate of drug-likeness (QED) is 0.224. The van der Waals surface area contributed by atoms with Gasteiger partial charge in [-0.3, -0.25) is 23.4 Å². The molecule has 14 heteroatoms. The fourth-order valence-corrected chi connectivity index (χ4v) is 4.61. The van der Waals surface area contributed by atoms with Crippen molar-refractivity contribution in [1.29, 1.82) is 0 Å². The molecule has 0 radical (unpaired) electrons. The molecule has 2 N–H and O–H groups in total. The molecule has 0 amide bonds. The van der Waals surface area contributed by atoms with Crippen LogP contribution in [0.1, 0.15) is 26.9 Å². The van der Waals surface area contributed by atoms with Crippen molar-refractivity contribution in [2.45, 2.75) is 24.5 Å². The molecule has 0 bridgehead atoms. The molecule has 5 atom stereocenters. The van der Waals surface area contributed by atoms with Gasteiger partial charge in [0.25, 0.3) is 5.56 Å². The number of nitrogens with zero attached hydrogens (tertiary/aromatic N) is 1. The van der Waals surface area contributed by atoms with E-state index < -0.39 is 67.6 Å². The van der Waals surface area contributed by atoms with E-state index in [9.17, 15) is 28.6 Å². The second-order valence-electron chi connectivity index (χ2n) is 8.11. The number of H-pyrrole nitrogens is 1. The van der Waals surface area contributed by atoms with E-state index in [2.05, 4.69) is 4.98 Å². The Kier molecular flexibility index (Phi) is 8.60. The van der Waals surface area contributed by atoms with Crippen LogP contribution >= 0.6 is 19.2 Å². The van der Waals surface area contributed by atoms with Crippen LogP contribution in [0.2, 0.25) is 0 Å². The number of hydrogen-bond acceptors (Lipinski definition) is 9. The van der Waals surface area contributed by atoms with Gasteiger partial charge in [-0.2, -0.15) is 0 Å². The summed E-state index contributed by atoms with van der Waals surface area (Å²) in [5, 5.41) is 0. The number of aromatic nitrogens is 2. The number of halogens is 1. The molecule has 2 aromatic carbocycles. The van der Waals surface area contributed by atoms with Crippen LogP contribution in [0.3, 0.4) is 0 Å². The van der Waals surface area contributed by atoms with Gasteiger partial charge in [0.05, 0.1) is 11.1 Å². The summed E-state index contributed by atoms with van der Waals surface area (Å²) in [7, 11) is -4.45. The predicted octanol–water partition coefficient (Wildman–Crippen LogP) is 2.28. The Morgan fingerprint density at radius 2 is 1.58 bits per heavy atom. The number of rotatable bonds is 9. The third kappa shape index (κ3) is 6.47. The van der Waals surface area contributed by atoms with E-state index in [1.54, 1.807) is 36.4 Å².